The van der Waals surface area contributed by atoms with Crippen LogP contribution in [0.1, 0.15) is 6.42 Å². The highest BCUT2D eigenvalue weighted by Gasteiger charge is 2.23. The molecule has 1 amide bonds. The topological polar surface area (TPSA) is 62.5 Å². The summed E-state index contributed by atoms with van der Waals surface area (Å²) in [5, 5.41) is 7.02. The fourth-order valence-corrected chi connectivity index (χ4v) is 4.01. The van der Waals surface area contributed by atoms with Gasteiger partial charge in [0.2, 0.25) is 0 Å². The van der Waals surface area contributed by atoms with E-state index in [0.717, 1.165) is 77.1 Å². The molecule has 1 aromatic carbocycles. The Kier molecular flexibility index (Phi) is 8.60. The Morgan fingerprint density at radius 2 is 1.79 bits per heavy atom. The maximum absolute atomic E-state index is 12.9. The number of hydrogen-bond donors (Lipinski definition) is 4. The predicted octanol–water partition coefficient (Wildman–Crippen LogP) is -1.86. The van der Waals surface area contributed by atoms with Crippen LogP contribution >= 0.6 is 12.2 Å². The van der Waals surface area contributed by atoms with Crippen molar-refractivity contribution in [3.63, 3.8) is 0 Å². The van der Waals surface area contributed by atoms with E-state index < -0.39 is 0 Å². The zero-order valence-electron chi connectivity index (χ0n) is 16.8. The average molecular weight is 426 g/mol. The maximum atomic E-state index is 12.9. The van der Waals surface area contributed by atoms with Crippen LogP contribution in [0.4, 0.5) is 10.1 Å². The number of nitrogens with zero attached hydrogens (tertiary/aromatic N) is 1. The number of ether oxygens (including phenoxy) is 1. The van der Waals surface area contributed by atoms with Crippen molar-refractivity contribution in [1.82, 2.24) is 10.2 Å². The lowest BCUT2D eigenvalue weighted by Crippen LogP contribution is -3.15. The number of carbonyl (C=O) groups excluding carboxylic acids is 1. The minimum Gasteiger partial charge on any atom is -0.370 e. The number of halogens is 1. The van der Waals surface area contributed by atoms with Crippen LogP contribution < -0.4 is 20.4 Å². The van der Waals surface area contributed by atoms with Gasteiger partial charge in [0.15, 0.2) is 11.7 Å². The minimum absolute atomic E-state index is 0.0497. The van der Waals surface area contributed by atoms with Gasteiger partial charge in [0, 0.05) is 18.7 Å². The molecule has 2 fully saturated rings. The smallest absolute Gasteiger partial charge is 0.279 e. The van der Waals surface area contributed by atoms with Crippen molar-refractivity contribution in [2.24, 2.45) is 0 Å². The van der Waals surface area contributed by atoms with Gasteiger partial charge in [-0.2, -0.15) is 0 Å². The number of morpholine rings is 1. The normalized spacial score (nSPS) is 18.4. The Hall–Kier alpha value is -1.81. The van der Waals surface area contributed by atoms with E-state index in [0.29, 0.717) is 12.2 Å². The molecule has 1 aromatic rings. The Balaban J connectivity index is 1.28. The molecule has 2 aliphatic rings. The first-order valence-corrected chi connectivity index (χ1v) is 10.8. The SMILES string of the molecule is O=C(C[NH+]1CCN(C(=S)NCCC[NH+]2CCOCC2)CC1)Nc1ccc(F)cc1. The lowest BCUT2D eigenvalue weighted by molar-refractivity contribution is -0.908. The molecular weight excluding hydrogens is 393 g/mol. The number of thiocarbonyl (C=S) groups is 1. The predicted molar refractivity (Wildman–Crippen MR) is 114 cm³/mol. The third-order valence-electron chi connectivity index (χ3n) is 5.48. The van der Waals surface area contributed by atoms with Crippen molar-refractivity contribution >= 4 is 28.9 Å². The third kappa shape index (κ3) is 7.50. The Morgan fingerprint density at radius 1 is 1.10 bits per heavy atom. The summed E-state index contributed by atoms with van der Waals surface area (Å²) in [7, 11) is 0. The van der Waals surface area contributed by atoms with Crippen molar-refractivity contribution < 1.29 is 23.7 Å². The summed E-state index contributed by atoms with van der Waals surface area (Å²) in [5.41, 5.74) is 0.624. The summed E-state index contributed by atoms with van der Waals surface area (Å²) in [6, 6.07) is 5.84. The second kappa shape index (κ2) is 11.4. The molecule has 0 spiro atoms. The molecule has 0 unspecified atom stereocenters. The van der Waals surface area contributed by atoms with Crippen molar-refractivity contribution in [3.8, 4) is 0 Å². The highest BCUT2D eigenvalue weighted by atomic mass is 32.1. The Labute approximate surface area is 177 Å². The number of amides is 1. The van der Waals surface area contributed by atoms with Gasteiger partial charge in [0.1, 0.15) is 18.9 Å². The van der Waals surface area contributed by atoms with Crippen molar-refractivity contribution in [3.05, 3.63) is 30.1 Å². The van der Waals surface area contributed by atoms with Gasteiger partial charge in [0.25, 0.3) is 5.91 Å². The van der Waals surface area contributed by atoms with Gasteiger partial charge in [-0.15, -0.1) is 0 Å². The van der Waals surface area contributed by atoms with Crippen molar-refractivity contribution in [2.45, 2.75) is 6.42 Å². The van der Waals surface area contributed by atoms with Crippen LogP contribution in [0.3, 0.4) is 0 Å². The number of quaternary nitrogens is 2. The number of piperazine rings is 1. The van der Waals surface area contributed by atoms with E-state index in [1.807, 2.05) is 0 Å². The molecule has 2 aliphatic heterocycles. The van der Waals surface area contributed by atoms with Crippen LogP contribution in [0.15, 0.2) is 24.3 Å². The number of anilines is 1. The van der Waals surface area contributed by atoms with E-state index in [9.17, 15) is 9.18 Å². The Morgan fingerprint density at radius 3 is 2.48 bits per heavy atom. The van der Waals surface area contributed by atoms with E-state index in [-0.39, 0.29) is 11.7 Å². The van der Waals surface area contributed by atoms with Gasteiger partial charge >= 0.3 is 0 Å². The van der Waals surface area contributed by atoms with Crippen LogP contribution in [0.5, 0.6) is 0 Å². The molecule has 3 rings (SSSR count). The molecule has 0 aromatic heterocycles. The molecular formula is C20H32FN5O2S+2. The van der Waals surface area contributed by atoms with Crippen LogP contribution in [0.2, 0.25) is 0 Å². The standard InChI is InChI=1S/C20H30FN5O2S/c21-17-2-4-18(5-3-17)23-19(27)16-25-8-10-26(11-9-25)20(29)22-6-1-7-24-12-14-28-15-13-24/h2-5H,1,6-16H2,(H,22,29)(H,23,27)/p+2. The number of benzene rings is 1. The van der Waals surface area contributed by atoms with Gasteiger partial charge in [-0.05, 0) is 36.5 Å². The number of nitrogens with one attached hydrogen (secondary N) is 4. The highest BCUT2D eigenvalue weighted by molar-refractivity contribution is 7.80. The molecule has 4 N–H and O–H groups in total. The lowest BCUT2D eigenvalue weighted by atomic mass is 10.3. The number of rotatable bonds is 7. The number of hydrogen-bond acceptors (Lipinski definition) is 3. The lowest BCUT2D eigenvalue weighted by Gasteiger charge is -2.33. The molecule has 0 saturated carbocycles. The van der Waals surface area contributed by atoms with E-state index in [2.05, 4.69) is 15.5 Å². The van der Waals surface area contributed by atoms with Gasteiger partial charge in [-0.25, -0.2) is 4.39 Å². The van der Waals surface area contributed by atoms with Crippen molar-refractivity contribution in [1.29, 1.82) is 0 Å². The largest absolute Gasteiger partial charge is 0.370 e. The molecule has 0 aliphatic carbocycles. The third-order valence-corrected chi connectivity index (χ3v) is 5.88. The highest BCUT2D eigenvalue weighted by Crippen LogP contribution is 2.07. The van der Waals surface area contributed by atoms with Gasteiger partial charge in [-0.1, -0.05) is 0 Å². The molecule has 2 saturated heterocycles. The number of carbonyl (C=O) groups is 1. The second-order valence-electron chi connectivity index (χ2n) is 7.67. The summed E-state index contributed by atoms with van der Waals surface area (Å²) in [6.45, 7) is 9.84. The van der Waals surface area contributed by atoms with Crippen LogP contribution in [0.25, 0.3) is 0 Å². The fraction of sp³-hybridized carbons (Fsp3) is 0.600. The van der Waals surface area contributed by atoms with Crippen LogP contribution in [0, 0.1) is 5.82 Å². The molecule has 160 valence electrons. The van der Waals surface area contributed by atoms with E-state index >= 15 is 0 Å². The minimum atomic E-state index is -0.309. The van der Waals surface area contributed by atoms with Crippen LogP contribution in [-0.4, -0.2) is 88.0 Å². The monoisotopic (exact) mass is 425 g/mol. The summed E-state index contributed by atoms with van der Waals surface area (Å²) < 4.78 is 18.3. The average Bonchev–Trinajstić information content (AvgIpc) is 2.74. The quantitative estimate of drug-likeness (QED) is 0.305. The summed E-state index contributed by atoms with van der Waals surface area (Å²) in [4.78, 5) is 17.2. The first-order chi connectivity index (χ1) is 14.1. The summed E-state index contributed by atoms with van der Waals surface area (Å²) >= 11 is 5.54. The van der Waals surface area contributed by atoms with Gasteiger partial charge < -0.3 is 30.1 Å². The maximum Gasteiger partial charge on any atom is 0.279 e. The zero-order valence-corrected chi connectivity index (χ0v) is 17.7. The van der Waals surface area contributed by atoms with E-state index in [4.69, 9.17) is 17.0 Å². The molecule has 2 heterocycles. The van der Waals surface area contributed by atoms with E-state index in [1.165, 1.54) is 17.0 Å². The first-order valence-electron chi connectivity index (χ1n) is 10.4. The first kappa shape index (κ1) is 21.9. The van der Waals surface area contributed by atoms with Gasteiger partial charge in [0.05, 0.1) is 45.9 Å². The zero-order chi connectivity index (χ0) is 20.5. The fourth-order valence-electron chi connectivity index (χ4n) is 3.72. The van der Waals surface area contributed by atoms with Gasteiger partial charge in [-0.3, -0.25) is 4.79 Å². The van der Waals surface area contributed by atoms with E-state index in [1.54, 1.807) is 17.0 Å². The van der Waals surface area contributed by atoms with Crippen molar-refractivity contribution in [2.75, 3.05) is 77.4 Å². The molecule has 7 nitrogen and oxygen atoms in total. The molecule has 0 atom stereocenters. The second-order valence-corrected chi connectivity index (χ2v) is 8.05. The summed E-state index contributed by atoms with van der Waals surface area (Å²) in [5.74, 6) is -0.358. The Bertz CT molecular complexity index is 661. The molecule has 9 heteroatoms. The van der Waals surface area contributed by atoms with Crippen LogP contribution in [-0.2, 0) is 9.53 Å². The molecule has 29 heavy (non-hydrogen) atoms. The molecule has 0 radical (unpaired) electrons. The molecule has 0 bridgehead atoms. The summed E-state index contributed by atoms with van der Waals surface area (Å²) in [6.07, 6.45) is 1.10.